The molecule has 3 rings (SSSR count). The lowest BCUT2D eigenvalue weighted by Gasteiger charge is -2.06. The molecule has 0 radical (unpaired) electrons. The summed E-state index contributed by atoms with van der Waals surface area (Å²) in [6.45, 7) is 0.517. The van der Waals surface area contributed by atoms with Gasteiger partial charge < -0.3 is 10.6 Å². The molecule has 8 heteroatoms. The second-order valence-corrected chi connectivity index (χ2v) is 5.77. The van der Waals surface area contributed by atoms with Crippen LogP contribution in [0.3, 0.4) is 0 Å². The molecule has 0 saturated carbocycles. The fraction of sp³-hybridized carbons (Fsp3) is 0.176. The summed E-state index contributed by atoms with van der Waals surface area (Å²) in [6.07, 6.45) is 2.01. The predicted octanol–water partition coefficient (Wildman–Crippen LogP) is 1.82. The summed E-state index contributed by atoms with van der Waals surface area (Å²) < 4.78 is 1.81. The number of amides is 2. The second-order valence-electron chi connectivity index (χ2n) is 5.33. The Bertz CT molecular complexity index is 891. The molecule has 2 heterocycles. The van der Waals surface area contributed by atoms with Gasteiger partial charge >= 0.3 is 0 Å². The normalized spacial score (nSPS) is 10.6. The van der Waals surface area contributed by atoms with Crippen LogP contribution in [-0.4, -0.2) is 33.0 Å². The van der Waals surface area contributed by atoms with Gasteiger partial charge in [0.05, 0.1) is 6.54 Å². The SMILES string of the molecule is O=C(CCNC(=O)c1ccc(Cl)cc1)NCc1nnc2ccccn12. The lowest BCUT2D eigenvalue weighted by molar-refractivity contribution is -0.121. The van der Waals surface area contributed by atoms with Gasteiger partial charge in [0.25, 0.3) is 5.91 Å². The summed E-state index contributed by atoms with van der Waals surface area (Å²) in [5.74, 6) is 0.228. The Balaban J connectivity index is 1.44. The molecule has 2 amide bonds. The minimum absolute atomic E-state index is 0.177. The van der Waals surface area contributed by atoms with Crippen LogP contribution in [0, 0.1) is 0 Å². The van der Waals surface area contributed by atoms with Gasteiger partial charge in [-0.15, -0.1) is 10.2 Å². The largest absolute Gasteiger partial charge is 0.352 e. The van der Waals surface area contributed by atoms with Crippen molar-refractivity contribution in [2.75, 3.05) is 6.54 Å². The molecule has 0 unspecified atom stereocenters. The number of fused-ring (bicyclic) bond motifs is 1. The average molecular weight is 358 g/mol. The summed E-state index contributed by atoms with van der Waals surface area (Å²) in [4.78, 5) is 23.8. The van der Waals surface area contributed by atoms with Crippen molar-refractivity contribution in [2.45, 2.75) is 13.0 Å². The van der Waals surface area contributed by atoms with Crippen LogP contribution in [0.15, 0.2) is 48.7 Å². The Morgan fingerprint density at radius 3 is 2.64 bits per heavy atom. The number of aromatic nitrogens is 3. The highest BCUT2D eigenvalue weighted by atomic mass is 35.5. The van der Waals surface area contributed by atoms with E-state index in [0.29, 0.717) is 16.4 Å². The molecule has 2 N–H and O–H groups in total. The second kappa shape index (κ2) is 7.76. The van der Waals surface area contributed by atoms with E-state index in [9.17, 15) is 9.59 Å². The summed E-state index contributed by atoms with van der Waals surface area (Å²) >= 11 is 5.78. The molecule has 25 heavy (non-hydrogen) atoms. The van der Waals surface area contributed by atoms with Gasteiger partial charge in [-0.25, -0.2) is 0 Å². The Morgan fingerprint density at radius 1 is 1.04 bits per heavy atom. The summed E-state index contributed by atoms with van der Waals surface area (Å²) in [6, 6.07) is 12.1. The maximum atomic E-state index is 11.9. The molecular formula is C17H16ClN5O2. The van der Waals surface area contributed by atoms with E-state index in [1.807, 2.05) is 28.8 Å². The number of benzene rings is 1. The van der Waals surface area contributed by atoms with Crippen molar-refractivity contribution in [1.82, 2.24) is 25.2 Å². The quantitative estimate of drug-likeness (QED) is 0.704. The van der Waals surface area contributed by atoms with E-state index in [-0.39, 0.29) is 31.3 Å². The fourth-order valence-corrected chi connectivity index (χ4v) is 2.40. The zero-order valence-corrected chi connectivity index (χ0v) is 14.0. The number of hydrogen-bond acceptors (Lipinski definition) is 4. The zero-order valence-electron chi connectivity index (χ0n) is 13.3. The number of hydrogen-bond donors (Lipinski definition) is 2. The molecule has 0 bridgehead atoms. The van der Waals surface area contributed by atoms with Gasteiger partial charge in [0.15, 0.2) is 11.5 Å². The number of carbonyl (C=O) groups is 2. The van der Waals surface area contributed by atoms with Crippen LogP contribution in [0.1, 0.15) is 22.6 Å². The van der Waals surface area contributed by atoms with E-state index >= 15 is 0 Å². The molecule has 1 aromatic carbocycles. The van der Waals surface area contributed by atoms with Gasteiger partial charge in [0.1, 0.15) is 0 Å². The number of halogens is 1. The number of rotatable bonds is 6. The van der Waals surface area contributed by atoms with Crippen molar-refractivity contribution in [3.05, 3.63) is 65.1 Å². The molecule has 7 nitrogen and oxygen atoms in total. The molecule has 2 aromatic heterocycles. The lowest BCUT2D eigenvalue weighted by atomic mass is 10.2. The smallest absolute Gasteiger partial charge is 0.251 e. The average Bonchev–Trinajstić information content (AvgIpc) is 3.03. The van der Waals surface area contributed by atoms with Crippen LogP contribution in [0.5, 0.6) is 0 Å². The number of carbonyl (C=O) groups excluding carboxylic acids is 2. The van der Waals surface area contributed by atoms with Gasteiger partial charge in [-0.2, -0.15) is 0 Å². The fourth-order valence-electron chi connectivity index (χ4n) is 2.27. The van der Waals surface area contributed by atoms with Crippen LogP contribution >= 0.6 is 11.6 Å². The van der Waals surface area contributed by atoms with E-state index in [1.54, 1.807) is 24.3 Å². The predicted molar refractivity (Wildman–Crippen MR) is 93.2 cm³/mol. The molecule has 0 aliphatic carbocycles. The Hall–Kier alpha value is -2.93. The van der Waals surface area contributed by atoms with Gasteiger partial charge in [-0.3, -0.25) is 14.0 Å². The van der Waals surface area contributed by atoms with E-state index < -0.39 is 0 Å². The maximum absolute atomic E-state index is 11.9. The van der Waals surface area contributed by atoms with E-state index in [2.05, 4.69) is 20.8 Å². The number of nitrogens with zero attached hydrogens (tertiary/aromatic N) is 3. The van der Waals surface area contributed by atoms with E-state index in [4.69, 9.17) is 11.6 Å². The molecule has 0 aliphatic rings. The summed E-state index contributed by atoms with van der Waals surface area (Å²) in [5.41, 5.74) is 1.22. The monoisotopic (exact) mass is 357 g/mol. The highest BCUT2D eigenvalue weighted by Gasteiger charge is 2.08. The summed E-state index contributed by atoms with van der Waals surface area (Å²) in [7, 11) is 0. The maximum Gasteiger partial charge on any atom is 0.251 e. The first-order valence-corrected chi connectivity index (χ1v) is 8.10. The molecule has 3 aromatic rings. The number of nitrogens with one attached hydrogen (secondary N) is 2. The third-order valence-corrected chi connectivity index (χ3v) is 3.82. The first kappa shape index (κ1) is 16.9. The van der Waals surface area contributed by atoms with Crippen LogP contribution in [-0.2, 0) is 11.3 Å². The molecule has 0 atom stereocenters. The highest BCUT2D eigenvalue weighted by molar-refractivity contribution is 6.30. The molecule has 0 aliphatic heterocycles. The van der Waals surface area contributed by atoms with E-state index in [0.717, 1.165) is 5.65 Å². The van der Waals surface area contributed by atoms with Gasteiger partial charge in [-0.1, -0.05) is 17.7 Å². The van der Waals surface area contributed by atoms with Crippen molar-refractivity contribution in [3.63, 3.8) is 0 Å². The van der Waals surface area contributed by atoms with Gasteiger partial charge in [0, 0.05) is 29.7 Å². The molecule has 128 valence electrons. The van der Waals surface area contributed by atoms with Crippen LogP contribution in [0.4, 0.5) is 0 Å². The van der Waals surface area contributed by atoms with Crippen molar-refractivity contribution in [3.8, 4) is 0 Å². The molecule has 0 saturated heterocycles. The Morgan fingerprint density at radius 2 is 1.84 bits per heavy atom. The first-order chi connectivity index (χ1) is 12.1. The topological polar surface area (TPSA) is 88.4 Å². The van der Waals surface area contributed by atoms with Crippen molar-refractivity contribution >= 4 is 29.1 Å². The van der Waals surface area contributed by atoms with Crippen LogP contribution < -0.4 is 10.6 Å². The Kier molecular flexibility index (Phi) is 5.25. The highest BCUT2D eigenvalue weighted by Crippen LogP contribution is 2.09. The zero-order chi connectivity index (χ0) is 17.6. The Labute approximate surface area is 149 Å². The van der Waals surface area contributed by atoms with Crippen molar-refractivity contribution in [1.29, 1.82) is 0 Å². The van der Waals surface area contributed by atoms with E-state index in [1.165, 1.54) is 0 Å². The minimum atomic E-state index is -0.243. The third-order valence-electron chi connectivity index (χ3n) is 3.57. The molecular weight excluding hydrogens is 342 g/mol. The minimum Gasteiger partial charge on any atom is -0.352 e. The third kappa shape index (κ3) is 4.33. The summed E-state index contributed by atoms with van der Waals surface area (Å²) in [5, 5.41) is 14.1. The first-order valence-electron chi connectivity index (χ1n) is 7.72. The van der Waals surface area contributed by atoms with Crippen molar-refractivity contribution in [2.24, 2.45) is 0 Å². The molecule has 0 spiro atoms. The standard InChI is InChI=1S/C17H16ClN5O2/c18-13-6-4-12(5-7-13)17(25)19-9-8-16(24)20-11-15-22-21-14-3-1-2-10-23(14)15/h1-7,10H,8-9,11H2,(H,19,25)(H,20,24). The van der Waals surface area contributed by atoms with Gasteiger partial charge in [0.2, 0.25) is 5.91 Å². The number of pyridine rings is 1. The van der Waals surface area contributed by atoms with Gasteiger partial charge in [-0.05, 0) is 36.4 Å². The van der Waals surface area contributed by atoms with Crippen LogP contribution in [0.2, 0.25) is 5.02 Å². The molecule has 0 fully saturated rings. The lowest BCUT2D eigenvalue weighted by Crippen LogP contribution is -2.30. The van der Waals surface area contributed by atoms with Crippen LogP contribution in [0.25, 0.3) is 5.65 Å². The van der Waals surface area contributed by atoms with Crippen molar-refractivity contribution < 1.29 is 9.59 Å².